The van der Waals surface area contributed by atoms with Crippen molar-refractivity contribution in [3.05, 3.63) is 22.9 Å². The molecule has 0 saturated carbocycles. The smallest absolute Gasteiger partial charge is 0.281 e. The van der Waals surface area contributed by atoms with Gasteiger partial charge in [-0.25, -0.2) is 14.3 Å². The number of fused-ring (bicyclic) bond motifs is 1. The van der Waals surface area contributed by atoms with Gasteiger partial charge in [-0.2, -0.15) is 0 Å². The third-order valence-corrected chi connectivity index (χ3v) is 3.68. The normalized spacial score (nSPS) is 11.8. The summed E-state index contributed by atoms with van der Waals surface area (Å²) in [5, 5.41) is 3.38. The topological polar surface area (TPSA) is 63.8 Å². The van der Waals surface area contributed by atoms with E-state index in [1.807, 2.05) is 6.92 Å². The molecule has 0 radical (unpaired) electrons. The van der Waals surface area contributed by atoms with Crippen LogP contribution in [0, 0.1) is 20.4 Å². The summed E-state index contributed by atoms with van der Waals surface area (Å²) in [6.07, 6.45) is 0. The number of H-pyrrole nitrogens is 1. The number of aryl methyl sites for hydroxylation is 2. The number of hydrogen-bond donors (Lipinski definition) is 1. The van der Waals surface area contributed by atoms with E-state index in [0.717, 1.165) is 0 Å². The Balaban J connectivity index is 2.74. The highest BCUT2D eigenvalue weighted by molar-refractivity contribution is 7.49. The Bertz CT molecular complexity index is 635. The minimum absolute atomic E-state index is 0.340. The lowest BCUT2D eigenvalue weighted by molar-refractivity contribution is 0.357. The van der Waals surface area contributed by atoms with Crippen LogP contribution in [0.2, 0.25) is 0 Å². The molecule has 2 heterocycles. The third kappa shape index (κ3) is 1.74. The molecule has 6 nitrogen and oxygen atoms in total. The van der Waals surface area contributed by atoms with Gasteiger partial charge in [0.2, 0.25) is 0 Å². The number of aromatic amines is 1. The third-order valence-electron chi connectivity index (χ3n) is 2.41. The summed E-state index contributed by atoms with van der Waals surface area (Å²) < 4.78 is 18.7. The van der Waals surface area contributed by atoms with Gasteiger partial charge >= 0.3 is 8.03 Å². The van der Waals surface area contributed by atoms with Crippen molar-refractivity contribution >= 4 is 24.7 Å². The average Bonchev–Trinajstić information content (AvgIpc) is 2.76. The van der Waals surface area contributed by atoms with Crippen LogP contribution in [0.1, 0.15) is 18.4 Å². The van der Waals surface area contributed by atoms with Gasteiger partial charge in [0, 0.05) is 0 Å². The Hall–Kier alpha value is -1.70. The van der Waals surface area contributed by atoms with Crippen molar-refractivity contribution in [3.8, 4) is 0 Å². The molecule has 0 aromatic carbocycles. The van der Waals surface area contributed by atoms with E-state index in [1.165, 1.54) is 0 Å². The summed E-state index contributed by atoms with van der Waals surface area (Å²) in [5.74, 6) is 0.709. The zero-order valence-corrected chi connectivity index (χ0v) is 10.7. The molecular weight excluding hydrogens is 239 g/mol. The Kier molecular flexibility index (Phi) is 2.97. The van der Waals surface area contributed by atoms with Crippen LogP contribution in [0.3, 0.4) is 0 Å². The second-order valence-electron chi connectivity index (χ2n) is 3.54. The molecule has 7 heteroatoms. The first-order chi connectivity index (χ1) is 8.10. The van der Waals surface area contributed by atoms with Gasteiger partial charge in [-0.05, 0) is 25.3 Å². The second-order valence-corrected chi connectivity index (χ2v) is 4.76. The lowest BCUT2D eigenvalue weighted by Crippen LogP contribution is -1.98. The number of nitrogens with one attached hydrogen (secondary N) is 1. The average molecular weight is 251 g/mol. The van der Waals surface area contributed by atoms with E-state index in [2.05, 4.69) is 14.9 Å². The van der Waals surface area contributed by atoms with Crippen LogP contribution in [0.15, 0.2) is 0 Å². The molecule has 1 unspecified atom stereocenters. The maximum absolute atomic E-state index is 12.0. The molecule has 17 heavy (non-hydrogen) atoms. The molecule has 0 aliphatic carbocycles. The quantitative estimate of drug-likeness (QED) is 0.672. The van der Waals surface area contributed by atoms with Crippen molar-refractivity contribution in [1.29, 1.82) is 0 Å². The van der Waals surface area contributed by atoms with Crippen LogP contribution in [0.25, 0.3) is 10.5 Å². The summed E-state index contributed by atoms with van der Waals surface area (Å²) in [6, 6.07) is 0. The summed E-state index contributed by atoms with van der Waals surface area (Å²) in [7, 11) is -2.04. The van der Waals surface area contributed by atoms with Gasteiger partial charge in [-0.1, -0.05) is 0 Å². The van der Waals surface area contributed by atoms with Crippen LogP contribution < -0.4 is 5.30 Å². The molecule has 0 aliphatic rings. The molecule has 0 aliphatic heterocycles. The van der Waals surface area contributed by atoms with E-state index >= 15 is 0 Å². The first kappa shape index (κ1) is 11.8. The van der Waals surface area contributed by atoms with Crippen molar-refractivity contribution in [2.45, 2.75) is 20.8 Å². The molecule has 0 spiro atoms. The highest BCUT2D eigenvalue weighted by atomic mass is 31.1. The lowest BCUT2D eigenvalue weighted by atomic mass is 10.4. The zero-order chi connectivity index (χ0) is 12.6. The van der Waals surface area contributed by atoms with E-state index < -0.39 is 8.03 Å². The van der Waals surface area contributed by atoms with Crippen molar-refractivity contribution in [1.82, 2.24) is 14.6 Å². The van der Waals surface area contributed by atoms with Crippen molar-refractivity contribution < 1.29 is 9.09 Å². The molecule has 88 valence electrons. The first-order valence-corrected chi connectivity index (χ1v) is 6.33. The largest absolute Gasteiger partial charge is 0.541 e. The maximum atomic E-state index is 12.0. The summed E-state index contributed by atoms with van der Waals surface area (Å²) in [5.41, 5.74) is 1.58. The second kappa shape index (κ2) is 4.28. The van der Waals surface area contributed by atoms with Crippen LogP contribution in [-0.4, -0.2) is 21.2 Å². The summed E-state index contributed by atoms with van der Waals surface area (Å²) in [6.45, 7) is 12.9. The zero-order valence-electron chi connectivity index (χ0n) is 9.81. The van der Waals surface area contributed by atoms with Gasteiger partial charge in [-0.3, -0.25) is 5.10 Å². The predicted molar refractivity (Wildman–Crippen MR) is 64.1 cm³/mol. The van der Waals surface area contributed by atoms with E-state index in [1.54, 1.807) is 18.4 Å². The number of nitrogens with zero attached hydrogens (tertiary/aromatic N) is 3. The number of aromatic nitrogens is 3. The SMILES string of the molecule is [C-]#[N+]c1c([P+](=O)OCC)c2nc(C)[nH]n2c1C. The van der Waals surface area contributed by atoms with E-state index in [0.29, 0.717) is 34.8 Å². The predicted octanol–water partition coefficient (Wildman–Crippen LogP) is 2.23. The standard InChI is InChI=1S/C10H12N4O2P/c1-5-16-17(15)9-8(11-4)6(2)14-10(9)12-7(3)13-14/h5H2,1-3H3,(H,12,13)/q+1. The molecule has 0 bridgehead atoms. The minimum atomic E-state index is -2.04. The fraction of sp³-hybridized carbons (Fsp3) is 0.400. The van der Waals surface area contributed by atoms with E-state index in [-0.39, 0.29) is 0 Å². The van der Waals surface area contributed by atoms with Crippen molar-refractivity contribution in [2.75, 3.05) is 6.61 Å². The molecule has 0 amide bonds. The first-order valence-electron chi connectivity index (χ1n) is 5.15. The highest BCUT2D eigenvalue weighted by Crippen LogP contribution is 2.33. The van der Waals surface area contributed by atoms with Gasteiger partial charge in [0.15, 0.2) is 5.65 Å². The monoisotopic (exact) mass is 251 g/mol. The van der Waals surface area contributed by atoms with Gasteiger partial charge in [0.05, 0.1) is 12.3 Å². The fourth-order valence-electron chi connectivity index (χ4n) is 1.72. The fourth-order valence-corrected chi connectivity index (χ4v) is 2.78. The molecule has 2 rings (SSSR count). The summed E-state index contributed by atoms with van der Waals surface area (Å²) in [4.78, 5) is 7.66. The molecular formula is C10H12N4O2P+. The summed E-state index contributed by atoms with van der Waals surface area (Å²) >= 11 is 0. The van der Waals surface area contributed by atoms with Gasteiger partial charge < -0.3 is 0 Å². The highest BCUT2D eigenvalue weighted by Gasteiger charge is 2.35. The van der Waals surface area contributed by atoms with Gasteiger partial charge in [-0.15, -0.1) is 4.52 Å². The maximum Gasteiger partial charge on any atom is 0.541 e. The Morgan fingerprint density at radius 2 is 2.29 bits per heavy atom. The molecule has 2 aromatic rings. The Labute approximate surface area is 99.3 Å². The molecule has 0 saturated heterocycles. The van der Waals surface area contributed by atoms with Crippen molar-refractivity contribution in [2.24, 2.45) is 0 Å². The van der Waals surface area contributed by atoms with Crippen molar-refractivity contribution in [3.63, 3.8) is 0 Å². The number of rotatable bonds is 3. The van der Waals surface area contributed by atoms with Crippen LogP contribution in [0.4, 0.5) is 5.69 Å². The van der Waals surface area contributed by atoms with E-state index in [9.17, 15) is 4.57 Å². The molecule has 1 N–H and O–H groups in total. The minimum Gasteiger partial charge on any atom is -0.281 e. The van der Waals surface area contributed by atoms with E-state index in [4.69, 9.17) is 11.1 Å². The Morgan fingerprint density at radius 1 is 1.59 bits per heavy atom. The Morgan fingerprint density at radius 3 is 2.88 bits per heavy atom. The van der Waals surface area contributed by atoms with Gasteiger partial charge in [0.1, 0.15) is 12.4 Å². The molecule has 2 aromatic heterocycles. The van der Waals surface area contributed by atoms with Gasteiger partial charge in [0.25, 0.3) is 11.0 Å². The number of hydrogen-bond acceptors (Lipinski definition) is 3. The van der Waals surface area contributed by atoms with Crippen LogP contribution in [0.5, 0.6) is 0 Å². The molecule has 1 atom stereocenters. The lowest BCUT2D eigenvalue weighted by Gasteiger charge is -1.88. The van der Waals surface area contributed by atoms with Crippen LogP contribution in [-0.2, 0) is 9.09 Å². The van der Waals surface area contributed by atoms with Crippen LogP contribution >= 0.6 is 8.03 Å². The molecule has 0 fully saturated rings.